The predicted octanol–water partition coefficient (Wildman–Crippen LogP) is 2.90. The van der Waals surface area contributed by atoms with E-state index in [0.29, 0.717) is 30.7 Å². The Morgan fingerprint density at radius 3 is 2.72 bits per heavy atom. The van der Waals surface area contributed by atoms with Crippen LogP contribution in [-0.4, -0.2) is 49.0 Å². The maximum absolute atomic E-state index is 13.0. The first-order valence-corrected chi connectivity index (χ1v) is 10.0. The number of hydrogen-bond acceptors (Lipinski definition) is 7. The summed E-state index contributed by atoms with van der Waals surface area (Å²) in [6.45, 7) is 1.26. The molecule has 1 aliphatic carbocycles. The van der Waals surface area contributed by atoms with Gasteiger partial charge >= 0.3 is 0 Å². The fourth-order valence-corrected chi connectivity index (χ4v) is 4.22. The second-order valence-corrected chi connectivity index (χ2v) is 7.99. The number of piperidine rings is 1. The Morgan fingerprint density at radius 1 is 1.17 bits per heavy atom. The van der Waals surface area contributed by atoms with Gasteiger partial charge < -0.3 is 9.42 Å². The zero-order valence-corrected chi connectivity index (χ0v) is 16.1. The van der Waals surface area contributed by atoms with Crippen molar-refractivity contribution in [3.63, 3.8) is 0 Å². The highest BCUT2D eigenvalue weighted by Gasteiger charge is 2.46. The standard InChI is InChI=1S/C21H22N6O2/c28-19(17-23-8-2-9-24-17)27-12-1-7-21(14-27,13-15-3-4-15)20-25-18(29-26-20)16-5-10-22-11-6-16/h2,5-6,8-11,15H,1,3-4,7,12-14H2. The van der Waals surface area contributed by atoms with E-state index in [2.05, 4.69) is 20.1 Å². The molecule has 29 heavy (non-hydrogen) atoms. The number of carbonyl (C=O) groups is 1. The molecule has 1 atom stereocenters. The van der Waals surface area contributed by atoms with Crippen LogP contribution in [0.2, 0.25) is 0 Å². The summed E-state index contributed by atoms with van der Waals surface area (Å²) >= 11 is 0. The number of pyridine rings is 1. The van der Waals surface area contributed by atoms with Crippen LogP contribution in [0.1, 0.15) is 48.5 Å². The minimum atomic E-state index is -0.293. The molecule has 1 unspecified atom stereocenters. The highest BCUT2D eigenvalue weighted by atomic mass is 16.5. The smallest absolute Gasteiger partial charge is 0.291 e. The van der Waals surface area contributed by atoms with Crippen LogP contribution < -0.4 is 0 Å². The first-order valence-electron chi connectivity index (χ1n) is 10.0. The van der Waals surface area contributed by atoms with Crippen molar-refractivity contribution in [2.75, 3.05) is 13.1 Å². The van der Waals surface area contributed by atoms with Gasteiger partial charge in [0.05, 0.1) is 5.41 Å². The van der Waals surface area contributed by atoms with E-state index >= 15 is 0 Å². The molecule has 2 fully saturated rings. The molecular formula is C21H22N6O2. The molecule has 1 amide bonds. The van der Waals surface area contributed by atoms with Gasteiger partial charge in [-0.1, -0.05) is 18.0 Å². The molecule has 148 valence electrons. The molecule has 3 aromatic rings. The highest BCUT2D eigenvalue weighted by Crippen LogP contribution is 2.46. The van der Waals surface area contributed by atoms with E-state index in [0.717, 1.165) is 24.8 Å². The first kappa shape index (κ1) is 17.9. The fourth-order valence-electron chi connectivity index (χ4n) is 4.22. The Labute approximate surface area is 168 Å². The van der Waals surface area contributed by atoms with Gasteiger partial charge in [0.15, 0.2) is 5.82 Å². The zero-order valence-electron chi connectivity index (χ0n) is 16.1. The molecule has 1 aliphatic heterocycles. The Balaban J connectivity index is 1.45. The number of likely N-dealkylation sites (tertiary alicyclic amines) is 1. The maximum Gasteiger partial charge on any atom is 0.291 e. The molecule has 8 nitrogen and oxygen atoms in total. The summed E-state index contributed by atoms with van der Waals surface area (Å²) in [5.41, 5.74) is 0.556. The predicted molar refractivity (Wildman–Crippen MR) is 104 cm³/mol. The van der Waals surface area contributed by atoms with Crippen molar-refractivity contribution in [3.05, 3.63) is 54.6 Å². The van der Waals surface area contributed by atoms with E-state index in [1.165, 1.54) is 12.8 Å². The Morgan fingerprint density at radius 2 is 1.97 bits per heavy atom. The minimum Gasteiger partial charge on any atom is -0.335 e. The van der Waals surface area contributed by atoms with E-state index in [1.807, 2.05) is 17.0 Å². The average Bonchev–Trinajstić information content (AvgIpc) is 3.44. The molecule has 8 heteroatoms. The van der Waals surface area contributed by atoms with Crippen LogP contribution in [0.25, 0.3) is 11.5 Å². The molecule has 0 spiro atoms. The molecule has 5 rings (SSSR count). The summed E-state index contributed by atoms with van der Waals surface area (Å²) in [6, 6.07) is 5.42. The van der Waals surface area contributed by atoms with Crippen LogP contribution >= 0.6 is 0 Å². The van der Waals surface area contributed by atoms with E-state index in [9.17, 15) is 4.79 Å². The normalized spacial score (nSPS) is 21.9. The van der Waals surface area contributed by atoms with Crippen LogP contribution in [-0.2, 0) is 5.41 Å². The number of rotatable bonds is 5. The number of hydrogen-bond donors (Lipinski definition) is 0. The topological polar surface area (TPSA) is 97.9 Å². The molecule has 3 aromatic heterocycles. The molecule has 2 aliphatic rings. The number of amides is 1. The second-order valence-electron chi connectivity index (χ2n) is 7.99. The summed E-state index contributed by atoms with van der Waals surface area (Å²) < 4.78 is 5.59. The summed E-state index contributed by atoms with van der Waals surface area (Å²) in [5.74, 6) is 1.96. The largest absolute Gasteiger partial charge is 0.335 e. The van der Waals surface area contributed by atoms with Crippen molar-refractivity contribution in [1.82, 2.24) is 30.0 Å². The zero-order chi connectivity index (χ0) is 19.7. The minimum absolute atomic E-state index is 0.136. The SMILES string of the molecule is O=C(c1ncccn1)N1CCCC(CC2CC2)(c2noc(-c3ccncc3)n2)C1. The molecule has 0 radical (unpaired) electrons. The second kappa shape index (κ2) is 7.35. The molecule has 1 saturated heterocycles. The van der Waals surface area contributed by atoms with E-state index in [4.69, 9.17) is 9.51 Å². The Bertz CT molecular complexity index is 989. The molecule has 0 aromatic carbocycles. The third kappa shape index (κ3) is 3.62. The van der Waals surface area contributed by atoms with E-state index < -0.39 is 0 Å². The lowest BCUT2D eigenvalue weighted by Crippen LogP contribution is -2.49. The third-order valence-electron chi connectivity index (χ3n) is 5.83. The third-order valence-corrected chi connectivity index (χ3v) is 5.83. The maximum atomic E-state index is 13.0. The van der Waals surface area contributed by atoms with Gasteiger partial charge in [-0.05, 0) is 43.4 Å². The lowest BCUT2D eigenvalue weighted by atomic mass is 9.74. The van der Waals surface area contributed by atoms with Gasteiger partial charge in [0.1, 0.15) is 0 Å². The number of aromatic nitrogens is 5. The van der Waals surface area contributed by atoms with Crippen molar-refractivity contribution in [2.45, 2.75) is 37.5 Å². The Hall–Kier alpha value is -3.16. The summed E-state index contributed by atoms with van der Waals surface area (Å²) in [4.78, 5) is 31.9. The highest BCUT2D eigenvalue weighted by molar-refractivity contribution is 5.90. The molecule has 0 bridgehead atoms. The molecule has 4 heterocycles. The van der Waals surface area contributed by atoms with Gasteiger partial charge in [-0.2, -0.15) is 4.98 Å². The van der Waals surface area contributed by atoms with Gasteiger partial charge in [0, 0.05) is 43.4 Å². The van der Waals surface area contributed by atoms with Crippen molar-refractivity contribution < 1.29 is 9.32 Å². The van der Waals surface area contributed by atoms with Crippen molar-refractivity contribution in [3.8, 4) is 11.5 Å². The van der Waals surface area contributed by atoms with Crippen LogP contribution in [0.4, 0.5) is 0 Å². The summed E-state index contributed by atoms with van der Waals surface area (Å²) in [5, 5.41) is 4.36. The quantitative estimate of drug-likeness (QED) is 0.660. The van der Waals surface area contributed by atoms with E-state index in [-0.39, 0.29) is 17.1 Å². The Kier molecular flexibility index (Phi) is 4.54. The van der Waals surface area contributed by atoms with Crippen molar-refractivity contribution in [2.24, 2.45) is 5.92 Å². The molecule has 0 N–H and O–H groups in total. The van der Waals surface area contributed by atoms with Crippen LogP contribution in [0.15, 0.2) is 47.5 Å². The summed E-state index contributed by atoms with van der Waals surface area (Å²) in [7, 11) is 0. The van der Waals surface area contributed by atoms with Gasteiger partial charge in [-0.15, -0.1) is 0 Å². The lowest BCUT2D eigenvalue weighted by Gasteiger charge is -2.40. The molecule has 1 saturated carbocycles. The van der Waals surface area contributed by atoms with Gasteiger partial charge in [0.2, 0.25) is 5.82 Å². The van der Waals surface area contributed by atoms with Crippen LogP contribution in [0.5, 0.6) is 0 Å². The van der Waals surface area contributed by atoms with Gasteiger partial charge in [-0.25, -0.2) is 9.97 Å². The van der Waals surface area contributed by atoms with E-state index in [1.54, 1.807) is 30.9 Å². The van der Waals surface area contributed by atoms with Crippen LogP contribution in [0, 0.1) is 5.92 Å². The van der Waals surface area contributed by atoms with Crippen molar-refractivity contribution in [1.29, 1.82) is 0 Å². The number of nitrogens with zero attached hydrogens (tertiary/aromatic N) is 6. The monoisotopic (exact) mass is 390 g/mol. The fraction of sp³-hybridized carbons (Fsp3) is 0.429. The van der Waals surface area contributed by atoms with Gasteiger partial charge in [-0.3, -0.25) is 9.78 Å². The van der Waals surface area contributed by atoms with Gasteiger partial charge in [0.25, 0.3) is 11.8 Å². The number of carbonyl (C=O) groups excluding carboxylic acids is 1. The van der Waals surface area contributed by atoms with Crippen LogP contribution in [0.3, 0.4) is 0 Å². The first-order chi connectivity index (χ1) is 14.2. The van der Waals surface area contributed by atoms with Crippen molar-refractivity contribution >= 4 is 5.91 Å². The molecular weight excluding hydrogens is 368 g/mol. The average molecular weight is 390 g/mol. The lowest BCUT2D eigenvalue weighted by molar-refractivity contribution is 0.0595. The summed E-state index contributed by atoms with van der Waals surface area (Å²) in [6.07, 6.45) is 11.9.